The van der Waals surface area contributed by atoms with Crippen molar-refractivity contribution in [3.63, 3.8) is 0 Å². The Kier molecular flexibility index (Phi) is 7.05. The van der Waals surface area contributed by atoms with Crippen molar-refractivity contribution in [2.45, 2.75) is 18.2 Å². The number of nitriles is 1. The molecule has 0 aromatic heterocycles. The Morgan fingerprint density at radius 3 is 2.60 bits per heavy atom. The van der Waals surface area contributed by atoms with Crippen LogP contribution in [0.15, 0.2) is 53.4 Å². The number of esters is 1. The summed E-state index contributed by atoms with van der Waals surface area (Å²) >= 11 is 1.33. The molecule has 5 nitrogen and oxygen atoms in total. The average Bonchev–Trinajstić information content (AvgIpc) is 2.61. The van der Waals surface area contributed by atoms with Crippen LogP contribution in [-0.2, 0) is 20.7 Å². The average molecular weight is 354 g/mol. The third-order valence-electron chi connectivity index (χ3n) is 3.29. The Labute approximate surface area is 151 Å². The highest BCUT2D eigenvalue weighted by Crippen LogP contribution is 2.26. The van der Waals surface area contributed by atoms with Crippen LogP contribution in [0.25, 0.3) is 0 Å². The molecule has 1 N–H and O–H groups in total. The fourth-order valence-electron chi connectivity index (χ4n) is 2.06. The van der Waals surface area contributed by atoms with E-state index in [0.717, 1.165) is 16.0 Å². The van der Waals surface area contributed by atoms with E-state index >= 15 is 0 Å². The summed E-state index contributed by atoms with van der Waals surface area (Å²) in [7, 11) is 0. The molecule has 2 aromatic rings. The highest BCUT2D eigenvalue weighted by atomic mass is 32.2. The second-order valence-electron chi connectivity index (χ2n) is 5.31. The summed E-state index contributed by atoms with van der Waals surface area (Å²) in [5, 5.41) is 11.4. The molecule has 0 spiro atoms. The molecule has 0 bridgehead atoms. The zero-order valence-corrected chi connectivity index (χ0v) is 14.6. The van der Waals surface area contributed by atoms with Crippen LogP contribution in [0.1, 0.15) is 11.1 Å². The van der Waals surface area contributed by atoms with Crippen LogP contribution in [0.4, 0.5) is 5.69 Å². The number of hydrogen-bond acceptors (Lipinski definition) is 5. The van der Waals surface area contributed by atoms with Gasteiger partial charge in [-0.3, -0.25) is 9.59 Å². The highest BCUT2D eigenvalue weighted by Gasteiger charge is 2.11. The van der Waals surface area contributed by atoms with Gasteiger partial charge < -0.3 is 10.1 Å². The minimum absolute atomic E-state index is 0.127. The molecule has 0 radical (unpaired) electrons. The van der Waals surface area contributed by atoms with Crippen molar-refractivity contribution in [3.8, 4) is 6.07 Å². The molecule has 0 saturated heterocycles. The van der Waals surface area contributed by atoms with Crippen LogP contribution < -0.4 is 5.32 Å². The number of thioether (sulfide) groups is 1. The van der Waals surface area contributed by atoms with Crippen molar-refractivity contribution in [2.75, 3.05) is 17.7 Å². The lowest BCUT2D eigenvalue weighted by Gasteiger charge is -2.10. The topological polar surface area (TPSA) is 79.2 Å². The first-order valence-corrected chi connectivity index (χ1v) is 8.67. The first-order valence-electron chi connectivity index (χ1n) is 7.68. The van der Waals surface area contributed by atoms with E-state index in [-0.39, 0.29) is 13.0 Å². The van der Waals surface area contributed by atoms with Gasteiger partial charge in [-0.1, -0.05) is 42.0 Å². The lowest BCUT2D eigenvalue weighted by Crippen LogP contribution is -2.22. The molecule has 0 unspecified atom stereocenters. The maximum absolute atomic E-state index is 12.0. The Morgan fingerprint density at radius 1 is 1.16 bits per heavy atom. The van der Waals surface area contributed by atoms with E-state index < -0.39 is 11.9 Å². The summed E-state index contributed by atoms with van der Waals surface area (Å²) in [4.78, 5) is 24.6. The number of carbonyl (C=O) groups is 2. The van der Waals surface area contributed by atoms with E-state index in [2.05, 4.69) is 5.32 Å². The molecule has 0 saturated carbocycles. The second kappa shape index (κ2) is 9.50. The molecule has 0 aliphatic heterocycles. The highest BCUT2D eigenvalue weighted by molar-refractivity contribution is 7.99. The van der Waals surface area contributed by atoms with E-state index in [1.54, 1.807) is 12.1 Å². The number of nitrogens with one attached hydrogen (secondary N) is 1. The number of benzene rings is 2. The van der Waals surface area contributed by atoms with Gasteiger partial charge in [0.15, 0.2) is 6.61 Å². The molecule has 2 rings (SSSR count). The zero-order chi connectivity index (χ0) is 18.1. The Bertz CT molecular complexity index is 782. The predicted molar refractivity (Wildman–Crippen MR) is 97.3 cm³/mol. The smallest absolute Gasteiger partial charge is 0.310 e. The first-order chi connectivity index (χ1) is 12.1. The van der Waals surface area contributed by atoms with Gasteiger partial charge in [0.1, 0.15) is 0 Å². The van der Waals surface area contributed by atoms with E-state index in [1.165, 1.54) is 11.8 Å². The summed E-state index contributed by atoms with van der Waals surface area (Å²) in [6.07, 6.45) is 0.127. The number of amides is 1. The molecule has 6 heteroatoms. The van der Waals surface area contributed by atoms with Crippen LogP contribution in [-0.4, -0.2) is 24.2 Å². The van der Waals surface area contributed by atoms with Crippen LogP contribution >= 0.6 is 11.8 Å². The van der Waals surface area contributed by atoms with Crippen LogP contribution in [0, 0.1) is 18.3 Å². The number of aryl methyl sites for hydroxylation is 1. The van der Waals surface area contributed by atoms with Gasteiger partial charge in [0, 0.05) is 4.90 Å². The van der Waals surface area contributed by atoms with Gasteiger partial charge in [-0.15, -0.1) is 11.8 Å². The third-order valence-corrected chi connectivity index (χ3v) is 4.23. The number of para-hydroxylation sites is 1. The summed E-state index contributed by atoms with van der Waals surface area (Å²) in [6, 6.07) is 16.8. The number of nitrogens with zero attached hydrogens (tertiary/aromatic N) is 1. The van der Waals surface area contributed by atoms with Crippen molar-refractivity contribution >= 4 is 29.3 Å². The van der Waals surface area contributed by atoms with Crippen molar-refractivity contribution in [1.82, 2.24) is 0 Å². The van der Waals surface area contributed by atoms with Gasteiger partial charge >= 0.3 is 5.97 Å². The largest absolute Gasteiger partial charge is 0.455 e. The molecule has 2 aromatic carbocycles. The fourth-order valence-corrected chi connectivity index (χ4v) is 2.73. The Morgan fingerprint density at radius 2 is 1.88 bits per heavy atom. The summed E-state index contributed by atoms with van der Waals surface area (Å²) < 4.78 is 5.02. The molecule has 25 heavy (non-hydrogen) atoms. The molecule has 1 amide bonds. The van der Waals surface area contributed by atoms with Crippen molar-refractivity contribution in [1.29, 1.82) is 5.26 Å². The molecular formula is C19H18N2O3S. The quantitative estimate of drug-likeness (QED) is 0.609. The number of carbonyl (C=O) groups excluding carboxylic acids is 2. The van der Waals surface area contributed by atoms with Gasteiger partial charge in [-0.2, -0.15) is 5.26 Å². The van der Waals surface area contributed by atoms with E-state index in [4.69, 9.17) is 10.00 Å². The van der Waals surface area contributed by atoms with E-state index in [9.17, 15) is 9.59 Å². The molecule has 0 atom stereocenters. The molecule has 0 heterocycles. The molecule has 0 aliphatic rings. The van der Waals surface area contributed by atoms with E-state index in [0.29, 0.717) is 11.4 Å². The van der Waals surface area contributed by atoms with Gasteiger partial charge in [-0.25, -0.2) is 0 Å². The summed E-state index contributed by atoms with van der Waals surface area (Å²) in [5.74, 6) is -0.577. The van der Waals surface area contributed by atoms with Gasteiger partial charge in [0.05, 0.1) is 23.9 Å². The van der Waals surface area contributed by atoms with Crippen LogP contribution in [0.5, 0.6) is 0 Å². The van der Waals surface area contributed by atoms with E-state index in [1.807, 2.05) is 49.4 Å². The number of ether oxygens (including phenoxy) is 1. The lowest BCUT2D eigenvalue weighted by molar-refractivity contribution is -0.146. The number of hydrogen-bond donors (Lipinski definition) is 1. The first kappa shape index (κ1) is 18.6. The molecule has 0 aliphatic carbocycles. The summed E-state index contributed by atoms with van der Waals surface area (Å²) in [6.45, 7) is 1.63. The maximum atomic E-state index is 12.0. The molecule has 0 fully saturated rings. The Hall–Kier alpha value is -2.78. The number of rotatable bonds is 7. The molecular weight excluding hydrogens is 336 g/mol. The zero-order valence-electron chi connectivity index (χ0n) is 13.8. The minimum Gasteiger partial charge on any atom is -0.455 e. The lowest BCUT2D eigenvalue weighted by atomic mass is 10.1. The van der Waals surface area contributed by atoms with Crippen molar-refractivity contribution in [3.05, 3.63) is 59.7 Å². The molecule has 128 valence electrons. The van der Waals surface area contributed by atoms with Gasteiger partial charge in [-0.05, 0) is 24.6 Å². The monoisotopic (exact) mass is 354 g/mol. The fraction of sp³-hybridized carbons (Fsp3) is 0.211. The maximum Gasteiger partial charge on any atom is 0.310 e. The van der Waals surface area contributed by atoms with Gasteiger partial charge in [0.25, 0.3) is 5.91 Å². The normalized spacial score (nSPS) is 9.92. The van der Waals surface area contributed by atoms with Crippen molar-refractivity contribution in [2.24, 2.45) is 0 Å². The SMILES string of the molecule is Cc1ccc(CC(=O)OCC(=O)Nc2ccccc2SCC#N)cc1. The van der Waals surface area contributed by atoms with Crippen molar-refractivity contribution < 1.29 is 14.3 Å². The third kappa shape index (κ3) is 6.32. The van der Waals surface area contributed by atoms with Crippen LogP contribution in [0.3, 0.4) is 0 Å². The minimum atomic E-state index is -0.453. The summed E-state index contributed by atoms with van der Waals surface area (Å²) in [5.41, 5.74) is 2.56. The predicted octanol–water partition coefficient (Wildman–Crippen LogP) is 3.34. The second-order valence-corrected chi connectivity index (χ2v) is 6.33. The van der Waals surface area contributed by atoms with Gasteiger partial charge in [0.2, 0.25) is 0 Å². The standard InChI is InChI=1S/C19H18N2O3S/c1-14-6-8-15(9-7-14)12-19(23)24-13-18(22)21-16-4-2-3-5-17(16)25-11-10-20/h2-9H,11-13H2,1H3,(H,21,22). The Balaban J connectivity index is 1.83. The van der Waals surface area contributed by atoms with Crippen LogP contribution in [0.2, 0.25) is 0 Å². The number of anilines is 1.